The van der Waals surface area contributed by atoms with Gasteiger partial charge in [0.15, 0.2) is 0 Å². The lowest BCUT2D eigenvalue weighted by Gasteiger charge is -2.32. The average molecular weight is 184 g/mol. The second-order valence-electron chi connectivity index (χ2n) is 4.14. The van der Waals surface area contributed by atoms with Crippen LogP contribution < -0.4 is 5.32 Å². The van der Waals surface area contributed by atoms with E-state index in [-0.39, 0.29) is 0 Å². The summed E-state index contributed by atoms with van der Waals surface area (Å²) in [5.74, 6) is 0.908. The minimum atomic E-state index is 0.844. The Hall–Kier alpha value is -0.120. The van der Waals surface area contributed by atoms with Gasteiger partial charge in [-0.1, -0.05) is 0 Å². The number of nitrogens with one attached hydrogen (secondary N) is 1. The molecule has 2 heterocycles. The maximum atomic E-state index is 5.13. The van der Waals surface area contributed by atoms with Crippen LogP contribution in [0.1, 0.15) is 12.8 Å². The molecule has 2 aliphatic rings. The first-order valence-corrected chi connectivity index (χ1v) is 5.35. The number of ether oxygens (including phenoxy) is 1. The van der Waals surface area contributed by atoms with Gasteiger partial charge in [-0.3, -0.25) is 4.90 Å². The third-order valence-corrected chi connectivity index (χ3v) is 3.41. The van der Waals surface area contributed by atoms with E-state index >= 15 is 0 Å². The highest BCUT2D eigenvalue weighted by Crippen LogP contribution is 2.27. The van der Waals surface area contributed by atoms with E-state index in [9.17, 15) is 0 Å². The van der Waals surface area contributed by atoms with Crippen LogP contribution in [-0.4, -0.2) is 50.8 Å². The van der Waals surface area contributed by atoms with Crippen LogP contribution in [0.5, 0.6) is 0 Å². The predicted octanol–water partition coefficient (Wildman–Crippen LogP) is 0.317. The van der Waals surface area contributed by atoms with Crippen molar-refractivity contribution < 1.29 is 4.74 Å². The molecule has 0 aromatic heterocycles. The van der Waals surface area contributed by atoms with E-state index < -0.39 is 0 Å². The Morgan fingerprint density at radius 1 is 1.46 bits per heavy atom. The normalized spacial score (nSPS) is 34.8. The number of rotatable bonds is 3. The minimum Gasteiger partial charge on any atom is -0.383 e. The monoisotopic (exact) mass is 184 g/mol. The van der Waals surface area contributed by atoms with Crippen molar-refractivity contribution in [1.29, 1.82) is 0 Å². The molecule has 13 heavy (non-hydrogen) atoms. The van der Waals surface area contributed by atoms with Gasteiger partial charge in [-0.15, -0.1) is 0 Å². The Kier molecular flexibility index (Phi) is 3.19. The van der Waals surface area contributed by atoms with E-state index in [1.54, 1.807) is 7.11 Å². The van der Waals surface area contributed by atoms with E-state index in [1.807, 2.05) is 0 Å². The Morgan fingerprint density at radius 2 is 2.38 bits per heavy atom. The van der Waals surface area contributed by atoms with Crippen LogP contribution in [0.4, 0.5) is 0 Å². The van der Waals surface area contributed by atoms with Gasteiger partial charge in [0.05, 0.1) is 6.61 Å². The fraction of sp³-hybridized carbons (Fsp3) is 1.00. The molecule has 76 valence electrons. The molecule has 1 N–H and O–H groups in total. The van der Waals surface area contributed by atoms with Crippen molar-refractivity contribution in [3.63, 3.8) is 0 Å². The minimum absolute atomic E-state index is 0.844. The zero-order valence-electron chi connectivity index (χ0n) is 8.46. The molecule has 2 rings (SSSR count). The molecular weight excluding hydrogens is 164 g/mol. The second kappa shape index (κ2) is 4.40. The SMILES string of the molecule is COCCN1CC[C@@H]2CNCC[C@@H]21. The zero-order chi connectivity index (χ0) is 9.10. The summed E-state index contributed by atoms with van der Waals surface area (Å²) in [4.78, 5) is 2.61. The fourth-order valence-electron chi connectivity index (χ4n) is 2.67. The van der Waals surface area contributed by atoms with Crippen LogP contribution in [0.15, 0.2) is 0 Å². The topological polar surface area (TPSA) is 24.5 Å². The standard InChI is InChI=1S/C10H20N2O/c1-13-7-6-12-5-3-9-8-11-4-2-10(9)12/h9-11H,2-8H2,1H3/t9-,10+/m1/s1. The number of hydrogen-bond acceptors (Lipinski definition) is 3. The number of piperidine rings is 1. The van der Waals surface area contributed by atoms with Gasteiger partial charge in [-0.2, -0.15) is 0 Å². The summed E-state index contributed by atoms with van der Waals surface area (Å²) in [7, 11) is 1.79. The van der Waals surface area contributed by atoms with E-state index in [1.165, 1.54) is 32.5 Å². The molecule has 0 bridgehead atoms. The number of fused-ring (bicyclic) bond motifs is 1. The molecule has 3 heteroatoms. The van der Waals surface area contributed by atoms with Gasteiger partial charge < -0.3 is 10.1 Å². The van der Waals surface area contributed by atoms with Crippen LogP contribution in [-0.2, 0) is 4.74 Å². The fourth-order valence-corrected chi connectivity index (χ4v) is 2.67. The average Bonchev–Trinajstić information content (AvgIpc) is 2.58. The van der Waals surface area contributed by atoms with Crippen molar-refractivity contribution in [3.05, 3.63) is 0 Å². The maximum absolute atomic E-state index is 5.13. The summed E-state index contributed by atoms with van der Waals surface area (Å²) in [5.41, 5.74) is 0. The van der Waals surface area contributed by atoms with Gasteiger partial charge in [-0.05, 0) is 38.4 Å². The van der Waals surface area contributed by atoms with Crippen molar-refractivity contribution in [3.8, 4) is 0 Å². The van der Waals surface area contributed by atoms with Crippen LogP contribution in [0, 0.1) is 5.92 Å². The molecule has 0 amide bonds. The zero-order valence-corrected chi connectivity index (χ0v) is 8.46. The Balaban J connectivity index is 1.84. The third-order valence-electron chi connectivity index (χ3n) is 3.41. The molecule has 0 aliphatic carbocycles. The van der Waals surface area contributed by atoms with Gasteiger partial charge in [0, 0.05) is 19.7 Å². The number of hydrogen-bond donors (Lipinski definition) is 1. The first-order chi connectivity index (χ1) is 6.42. The highest BCUT2D eigenvalue weighted by molar-refractivity contribution is 4.91. The van der Waals surface area contributed by atoms with Crippen LogP contribution >= 0.6 is 0 Å². The summed E-state index contributed by atoms with van der Waals surface area (Å²) < 4.78 is 5.13. The Bertz CT molecular complexity index is 163. The molecule has 2 saturated heterocycles. The van der Waals surface area contributed by atoms with Gasteiger partial charge in [0.1, 0.15) is 0 Å². The number of methoxy groups -OCH3 is 1. The molecule has 2 fully saturated rings. The smallest absolute Gasteiger partial charge is 0.0589 e. The van der Waals surface area contributed by atoms with Crippen molar-refractivity contribution in [2.24, 2.45) is 5.92 Å². The Morgan fingerprint density at radius 3 is 3.23 bits per heavy atom. The highest BCUT2D eigenvalue weighted by Gasteiger charge is 2.34. The van der Waals surface area contributed by atoms with Crippen molar-refractivity contribution in [2.75, 3.05) is 39.9 Å². The van der Waals surface area contributed by atoms with Gasteiger partial charge in [-0.25, -0.2) is 0 Å². The molecule has 2 atom stereocenters. The molecule has 2 aliphatic heterocycles. The van der Waals surface area contributed by atoms with Crippen molar-refractivity contribution in [2.45, 2.75) is 18.9 Å². The lowest BCUT2D eigenvalue weighted by atomic mass is 9.94. The molecule has 0 radical (unpaired) electrons. The number of nitrogens with zero attached hydrogens (tertiary/aromatic N) is 1. The van der Waals surface area contributed by atoms with Crippen molar-refractivity contribution in [1.82, 2.24) is 10.2 Å². The van der Waals surface area contributed by atoms with Gasteiger partial charge >= 0.3 is 0 Å². The number of likely N-dealkylation sites (tertiary alicyclic amines) is 1. The summed E-state index contributed by atoms with van der Waals surface area (Å²) in [5, 5.41) is 3.47. The van der Waals surface area contributed by atoms with Crippen LogP contribution in [0.25, 0.3) is 0 Å². The van der Waals surface area contributed by atoms with Gasteiger partial charge in [0.2, 0.25) is 0 Å². The lowest BCUT2D eigenvalue weighted by molar-refractivity contribution is 0.123. The molecule has 0 unspecified atom stereocenters. The van der Waals surface area contributed by atoms with E-state index in [2.05, 4.69) is 10.2 Å². The summed E-state index contributed by atoms with van der Waals surface area (Å²) in [6, 6.07) is 0.844. The van der Waals surface area contributed by atoms with Crippen LogP contribution in [0.2, 0.25) is 0 Å². The van der Waals surface area contributed by atoms with Crippen LogP contribution in [0.3, 0.4) is 0 Å². The van der Waals surface area contributed by atoms with E-state index in [0.29, 0.717) is 0 Å². The molecule has 0 spiro atoms. The van der Waals surface area contributed by atoms with Crippen molar-refractivity contribution >= 4 is 0 Å². The van der Waals surface area contributed by atoms with E-state index in [0.717, 1.165) is 25.1 Å². The summed E-state index contributed by atoms with van der Waals surface area (Å²) in [6.45, 7) is 5.72. The Labute approximate surface area is 80.4 Å². The first-order valence-electron chi connectivity index (χ1n) is 5.35. The highest BCUT2D eigenvalue weighted by atomic mass is 16.5. The molecule has 3 nitrogen and oxygen atoms in total. The summed E-state index contributed by atoms with van der Waals surface area (Å²) in [6.07, 6.45) is 2.70. The second-order valence-corrected chi connectivity index (χ2v) is 4.14. The van der Waals surface area contributed by atoms with E-state index in [4.69, 9.17) is 4.74 Å². The lowest BCUT2D eigenvalue weighted by Crippen LogP contribution is -2.44. The molecule has 0 aromatic carbocycles. The quantitative estimate of drug-likeness (QED) is 0.683. The molecule has 0 saturated carbocycles. The van der Waals surface area contributed by atoms with Gasteiger partial charge in [0.25, 0.3) is 0 Å². The third kappa shape index (κ3) is 2.03. The molecular formula is C10H20N2O. The first kappa shape index (κ1) is 9.44. The largest absolute Gasteiger partial charge is 0.383 e. The predicted molar refractivity (Wildman–Crippen MR) is 52.8 cm³/mol. The summed E-state index contributed by atoms with van der Waals surface area (Å²) >= 11 is 0. The molecule has 0 aromatic rings. The maximum Gasteiger partial charge on any atom is 0.0589 e.